The highest BCUT2D eigenvalue weighted by Crippen LogP contribution is 2.22. The maximum absolute atomic E-state index is 5.90. The zero-order valence-electron chi connectivity index (χ0n) is 14.0. The van der Waals surface area contributed by atoms with Gasteiger partial charge in [0.2, 0.25) is 0 Å². The molecule has 0 atom stereocenters. The Bertz CT molecular complexity index is 977. The number of hydrogen-bond donors (Lipinski definition) is 0. The van der Waals surface area contributed by atoms with Crippen LogP contribution in [0.25, 0.3) is 16.9 Å². The Kier molecular flexibility index (Phi) is 4.71. The summed E-state index contributed by atoms with van der Waals surface area (Å²) in [6.45, 7) is 0.513. The Morgan fingerprint density at radius 2 is 1.54 bits per heavy atom. The van der Waals surface area contributed by atoms with Crippen molar-refractivity contribution in [2.45, 2.75) is 6.61 Å². The number of aromatic nitrogens is 2. The summed E-state index contributed by atoms with van der Waals surface area (Å²) in [4.78, 5) is 0. The molecule has 1 aromatic heterocycles. The van der Waals surface area contributed by atoms with E-state index in [9.17, 15) is 0 Å². The van der Waals surface area contributed by atoms with Gasteiger partial charge in [0.05, 0.1) is 11.4 Å². The summed E-state index contributed by atoms with van der Waals surface area (Å²) in [7, 11) is 0. The van der Waals surface area contributed by atoms with Crippen LogP contribution in [0.3, 0.4) is 0 Å². The standard InChI is InChI=1S/C22H17ClN2O/c23-19-10-6-17(7-11-19)16-26-21-12-8-18(9-13-21)22-14-15-25(24-22)20-4-2-1-3-5-20/h1-15H,16H2. The summed E-state index contributed by atoms with van der Waals surface area (Å²) in [6, 6.07) is 27.7. The van der Waals surface area contributed by atoms with Crippen molar-refractivity contribution < 1.29 is 4.74 Å². The SMILES string of the molecule is Clc1ccc(COc2ccc(-c3ccn(-c4ccccc4)n3)cc2)cc1. The van der Waals surface area contributed by atoms with Gasteiger partial charge in [-0.3, -0.25) is 0 Å². The number of ether oxygens (including phenoxy) is 1. The smallest absolute Gasteiger partial charge is 0.119 e. The molecule has 0 amide bonds. The molecule has 0 saturated carbocycles. The first-order valence-corrected chi connectivity index (χ1v) is 8.74. The summed E-state index contributed by atoms with van der Waals surface area (Å²) >= 11 is 5.90. The molecule has 0 fully saturated rings. The monoisotopic (exact) mass is 360 g/mol. The molecule has 0 unspecified atom stereocenters. The van der Waals surface area contributed by atoms with Gasteiger partial charge in [0, 0.05) is 16.8 Å². The third kappa shape index (κ3) is 3.79. The molecule has 3 aromatic carbocycles. The van der Waals surface area contributed by atoms with Crippen molar-refractivity contribution in [2.24, 2.45) is 0 Å². The quantitative estimate of drug-likeness (QED) is 0.451. The van der Waals surface area contributed by atoms with Crippen molar-refractivity contribution in [3.8, 4) is 22.7 Å². The zero-order valence-corrected chi connectivity index (χ0v) is 14.8. The molecule has 0 aliphatic rings. The third-order valence-corrected chi connectivity index (χ3v) is 4.33. The van der Waals surface area contributed by atoms with Crippen LogP contribution in [-0.2, 0) is 6.61 Å². The van der Waals surface area contributed by atoms with E-state index < -0.39 is 0 Å². The predicted molar refractivity (Wildman–Crippen MR) is 105 cm³/mol. The molecule has 1 heterocycles. The van der Waals surface area contributed by atoms with Gasteiger partial charge in [0.15, 0.2) is 0 Å². The summed E-state index contributed by atoms with van der Waals surface area (Å²) in [5.74, 6) is 0.825. The molecule has 3 nitrogen and oxygen atoms in total. The van der Waals surface area contributed by atoms with Gasteiger partial charge in [-0.15, -0.1) is 0 Å². The second kappa shape index (κ2) is 7.46. The number of hydrogen-bond acceptors (Lipinski definition) is 2. The lowest BCUT2D eigenvalue weighted by molar-refractivity contribution is 0.306. The second-order valence-corrected chi connectivity index (χ2v) is 6.36. The van der Waals surface area contributed by atoms with Gasteiger partial charge in [-0.2, -0.15) is 5.10 Å². The Morgan fingerprint density at radius 1 is 0.808 bits per heavy atom. The largest absolute Gasteiger partial charge is 0.489 e. The van der Waals surface area contributed by atoms with Crippen LogP contribution in [0.4, 0.5) is 0 Å². The maximum atomic E-state index is 5.90. The number of rotatable bonds is 5. The fraction of sp³-hybridized carbons (Fsp3) is 0.0455. The Morgan fingerprint density at radius 3 is 2.27 bits per heavy atom. The summed E-state index contributed by atoms with van der Waals surface area (Å²) in [5.41, 5.74) is 4.11. The van der Waals surface area contributed by atoms with E-state index in [2.05, 4.69) is 5.10 Å². The van der Waals surface area contributed by atoms with Crippen molar-refractivity contribution in [1.29, 1.82) is 0 Å². The molecule has 0 aliphatic heterocycles. The molecule has 0 bridgehead atoms. The number of benzene rings is 3. The summed E-state index contributed by atoms with van der Waals surface area (Å²) in [6.07, 6.45) is 1.97. The number of para-hydroxylation sites is 1. The Hall–Kier alpha value is -3.04. The maximum Gasteiger partial charge on any atom is 0.119 e. The van der Waals surface area contributed by atoms with E-state index in [-0.39, 0.29) is 0 Å². The summed E-state index contributed by atoms with van der Waals surface area (Å²) < 4.78 is 7.70. The van der Waals surface area contributed by atoms with E-state index in [4.69, 9.17) is 16.3 Å². The molecule has 128 valence electrons. The van der Waals surface area contributed by atoms with Gasteiger partial charge in [0.1, 0.15) is 12.4 Å². The van der Waals surface area contributed by atoms with Crippen LogP contribution < -0.4 is 4.74 Å². The molecular weight excluding hydrogens is 344 g/mol. The van der Waals surface area contributed by atoms with Crippen molar-refractivity contribution in [3.05, 3.63) is 102 Å². The van der Waals surface area contributed by atoms with Gasteiger partial charge in [0.25, 0.3) is 0 Å². The van der Waals surface area contributed by atoms with Crippen molar-refractivity contribution >= 4 is 11.6 Å². The van der Waals surface area contributed by atoms with Gasteiger partial charge in [-0.25, -0.2) is 4.68 Å². The zero-order chi connectivity index (χ0) is 17.8. The van der Waals surface area contributed by atoms with Crippen molar-refractivity contribution in [2.75, 3.05) is 0 Å². The lowest BCUT2D eigenvalue weighted by Crippen LogP contribution is -1.95. The van der Waals surface area contributed by atoms with E-state index in [1.807, 2.05) is 95.8 Å². The lowest BCUT2D eigenvalue weighted by Gasteiger charge is -2.07. The van der Waals surface area contributed by atoms with E-state index in [0.29, 0.717) is 6.61 Å². The molecule has 26 heavy (non-hydrogen) atoms. The molecule has 0 radical (unpaired) electrons. The van der Waals surface area contributed by atoms with E-state index >= 15 is 0 Å². The minimum absolute atomic E-state index is 0.513. The first-order chi connectivity index (χ1) is 12.8. The lowest BCUT2D eigenvalue weighted by atomic mass is 10.1. The van der Waals surface area contributed by atoms with Gasteiger partial charge in [-0.05, 0) is 60.2 Å². The minimum Gasteiger partial charge on any atom is -0.489 e. The van der Waals surface area contributed by atoms with E-state index in [1.54, 1.807) is 0 Å². The van der Waals surface area contributed by atoms with Crippen LogP contribution in [0.5, 0.6) is 5.75 Å². The van der Waals surface area contributed by atoms with E-state index in [0.717, 1.165) is 33.3 Å². The molecule has 4 aromatic rings. The molecule has 0 aliphatic carbocycles. The van der Waals surface area contributed by atoms with E-state index in [1.165, 1.54) is 0 Å². The van der Waals surface area contributed by atoms with Crippen LogP contribution in [0.1, 0.15) is 5.56 Å². The third-order valence-electron chi connectivity index (χ3n) is 4.08. The Balaban J connectivity index is 1.44. The molecule has 0 saturated heterocycles. The number of halogens is 1. The van der Waals surface area contributed by atoms with Crippen LogP contribution in [0, 0.1) is 0 Å². The molecule has 4 heteroatoms. The highest BCUT2D eigenvalue weighted by molar-refractivity contribution is 6.30. The molecular formula is C22H17ClN2O. The van der Waals surface area contributed by atoms with Crippen LogP contribution >= 0.6 is 11.6 Å². The number of nitrogens with zero attached hydrogens (tertiary/aromatic N) is 2. The average molecular weight is 361 g/mol. The second-order valence-electron chi connectivity index (χ2n) is 5.92. The molecule has 0 spiro atoms. The minimum atomic E-state index is 0.513. The topological polar surface area (TPSA) is 27.1 Å². The summed E-state index contributed by atoms with van der Waals surface area (Å²) in [5, 5.41) is 5.38. The normalized spacial score (nSPS) is 10.7. The molecule has 4 rings (SSSR count). The van der Waals surface area contributed by atoms with Crippen LogP contribution in [0.15, 0.2) is 91.1 Å². The highest BCUT2D eigenvalue weighted by atomic mass is 35.5. The van der Waals surface area contributed by atoms with Crippen LogP contribution in [-0.4, -0.2) is 9.78 Å². The Labute approximate surface area is 157 Å². The van der Waals surface area contributed by atoms with Gasteiger partial charge < -0.3 is 4.74 Å². The van der Waals surface area contributed by atoms with Crippen molar-refractivity contribution in [1.82, 2.24) is 9.78 Å². The predicted octanol–water partition coefficient (Wildman–Crippen LogP) is 5.77. The van der Waals surface area contributed by atoms with Gasteiger partial charge >= 0.3 is 0 Å². The fourth-order valence-electron chi connectivity index (χ4n) is 2.67. The first kappa shape index (κ1) is 16.4. The molecule has 0 N–H and O–H groups in total. The fourth-order valence-corrected chi connectivity index (χ4v) is 2.80. The first-order valence-electron chi connectivity index (χ1n) is 8.37. The van der Waals surface area contributed by atoms with Crippen molar-refractivity contribution in [3.63, 3.8) is 0 Å². The van der Waals surface area contributed by atoms with Crippen LogP contribution in [0.2, 0.25) is 5.02 Å². The average Bonchev–Trinajstić information content (AvgIpc) is 3.19. The van der Waals surface area contributed by atoms with Gasteiger partial charge in [-0.1, -0.05) is 41.9 Å². The highest BCUT2D eigenvalue weighted by Gasteiger charge is 2.04.